The molecule has 0 fully saturated rings. The molecular weight excluding hydrogens is 260 g/mol. The molecule has 0 aliphatic rings. The summed E-state index contributed by atoms with van der Waals surface area (Å²) < 4.78 is 23.6. The number of rotatable bonds is 4. The van der Waals surface area contributed by atoms with E-state index in [0.29, 0.717) is 6.54 Å². The van der Waals surface area contributed by atoms with Crippen LogP contribution in [0.15, 0.2) is 35.5 Å². The first-order valence-electron chi connectivity index (χ1n) is 6.12. The van der Waals surface area contributed by atoms with Gasteiger partial charge in [-0.15, -0.1) is 0 Å². The van der Waals surface area contributed by atoms with Gasteiger partial charge in [-0.3, -0.25) is 0 Å². The van der Waals surface area contributed by atoms with Crippen LogP contribution in [0.4, 0.5) is 5.69 Å². The number of sulfone groups is 1. The van der Waals surface area contributed by atoms with Crippen molar-refractivity contribution < 1.29 is 8.42 Å². The molecule has 0 aromatic carbocycles. The van der Waals surface area contributed by atoms with Crippen molar-refractivity contribution >= 4 is 15.5 Å². The van der Waals surface area contributed by atoms with Crippen molar-refractivity contribution in [3.8, 4) is 0 Å². The first-order chi connectivity index (χ1) is 8.55. The van der Waals surface area contributed by atoms with Crippen LogP contribution in [0.25, 0.3) is 0 Å². The Morgan fingerprint density at radius 1 is 1.37 bits per heavy atom. The molecule has 1 rings (SSSR count). The highest BCUT2D eigenvalue weighted by molar-refractivity contribution is 7.92. The van der Waals surface area contributed by atoms with Crippen molar-refractivity contribution in [3.63, 3.8) is 0 Å². The number of pyridine rings is 1. The summed E-state index contributed by atoms with van der Waals surface area (Å²) in [5.74, 6) is 0. The second-order valence-electron chi connectivity index (χ2n) is 5.78. The van der Waals surface area contributed by atoms with Crippen molar-refractivity contribution in [2.24, 2.45) is 0 Å². The van der Waals surface area contributed by atoms with E-state index in [9.17, 15) is 8.42 Å². The minimum absolute atomic E-state index is 0.118. The lowest BCUT2D eigenvalue weighted by Gasteiger charge is -2.21. The first kappa shape index (κ1) is 15.7. The monoisotopic (exact) mass is 282 g/mol. The Hall–Kier alpha value is -1.36. The van der Waals surface area contributed by atoms with Gasteiger partial charge in [0.2, 0.25) is 0 Å². The predicted octanol–water partition coefficient (Wildman–Crippen LogP) is 2.67. The Kier molecular flexibility index (Phi) is 4.40. The van der Waals surface area contributed by atoms with Crippen LogP contribution >= 0.6 is 0 Å². The molecule has 0 saturated carbocycles. The lowest BCUT2D eigenvalue weighted by molar-refractivity contribution is 0.556. The summed E-state index contributed by atoms with van der Waals surface area (Å²) >= 11 is 0. The average Bonchev–Trinajstić information content (AvgIpc) is 2.26. The van der Waals surface area contributed by atoms with Crippen LogP contribution in [0.5, 0.6) is 0 Å². The normalized spacial score (nSPS) is 12.3. The Labute approximate surface area is 116 Å². The predicted molar refractivity (Wildman–Crippen MR) is 79.3 cm³/mol. The summed E-state index contributed by atoms with van der Waals surface area (Å²) in [6.45, 7) is 11.5. The second-order valence-corrected chi connectivity index (χ2v) is 8.43. The first-order valence-corrected chi connectivity index (χ1v) is 7.60. The van der Waals surface area contributed by atoms with E-state index in [4.69, 9.17) is 0 Å². The molecule has 19 heavy (non-hydrogen) atoms. The molecule has 0 amide bonds. The van der Waals surface area contributed by atoms with Crippen molar-refractivity contribution in [1.82, 2.24) is 4.98 Å². The van der Waals surface area contributed by atoms with E-state index in [1.165, 1.54) is 0 Å². The van der Waals surface area contributed by atoms with E-state index in [2.05, 4.69) is 11.6 Å². The topological polar surface area (TPSA) is 50.3 Å². The van der Waals surface area contributed by atoms with E-state index in [0.717, 1.165) is 11.3 Å². The molecule has 0 saturated heterocycles. The summed E-state index contributed by atoms with van der Waals surface area (Å²) in [6.07, 6.45) is 1.58. The van der Waals surface area contributed by atoms with Gasteiger partial charge >= 0.3 is 0 Å². The molecule has 1 heterocycles. The summed E-state index contributed by atoms with van der Waals surface area (Å²) in [4.78, 5) is 6.06. The van der Waals surface area contributed by atoms with E-state index < -0.39 is 14.6 Å². The van der Waals surface area contributed by atoms with Gasteiger partial charge in [-0.2, -0.15) is 0 Å². The van der Waals surface area contributed by atoms with Crippen LogP contribution in [0.2, 0.25) is 0 Å². The number of hydrogen-bond acceptors (Lipinski definition) is 4. The lowest BCUT2D eigenvalue weighted by atomic mass is 10.3. The van der Waals surface area contributed by atoms with Gasteiger partial charge in [0.15, 0.2) is 14.9 Å². The van der Waals surface area contributed by atoms with Crippen molar-refractivity contribution in [2.45, 2.75) is 37.5 Å². The maximum absolute atomic E-state index is 12.2. The average molecular weight is 282 g/mol. The highest BCUT2D eigenvalue weighted by Crippen LogP contribution is 2.24. The molecule has 4 nitrogen and oxygen atoms in total. The quantitative estimate of drug-likeness (QED) is 0.797. The molecule has 1 aromatic heterocycles. The van der Waals surface area contributed by atoms with Crippen LogP contribution < -0.4 is 4.90 Å². The third-order valence-corrected chi connectivity index (χ3v) is 5.15. The Balaban J connectivity index is 3.04. The van der Waals surface area contributed by atoms with E-state index >= 15 is 0 Å². The summed E-state index contributed by atoms with van der Waals surface area (Å²) in [5, 5.41) is 0.118. The molecule has 0 aliphatic heterocycles. The van der Waals surface area contributed by atoms with E-state index in [-0.39, 0.29) is 5.03 Å². The summed E-state index contributed by atoms with van der Waals surface area (Å²) in [6, 6.07) is 3.33. The molecule has 0 radical (unpaired) electrons. The molecule has 0 spiro atoms. The van der Waals surface area contributed by atoms with Crippen LogP contribution in [0.3, 0.4) is 0 Å². The fourth-order valence-corrected chi connectivity index (χ4v) is 2.63. The third-order valence-electron chi connectivity index (χ3n) is 2.75. The maximum Gasteiger partial charge on any atom is 0.200 e. The Morgan fingerprint density at radius 2 is 1.95 bits per heavy atom. The molecule has 0 bridgehead atoms. The van der Waals surface area contributed by atoms with Crippen LogP contribution in [0.1, 0.15) is 27.7 Å². The molecule has 0 unspecified atom stereocenters. The van der Waals surface area contributed by atoms with Gasteiger partial charge in [-0.25, -0.2) is 13.4 Å². The molecule has 5 heteroatoms. The van der Waals surface area contributed by atoms with Crippen molar-refractivity contribution in [2.75, 3.05) is 18.5 Å². The zero-order valence-corrected chi connectivity index (χ0v) is 13.1. The maximum atomic E-state index is 12.2. The molecule has 0 aliphatic carbocycles. The number of likely N-dealkylation sites (N-methyl/N-ethyl adjacent to an activating group) is 1. The Morgan fingerprint density at radius 3 is 2.32 bits per heavy atom. The fraction of sp³-hybridized carbons (Fsp3) is 0.500. The van der Waals surface area contributed by atoms with E-state index in [1.54, 1.807) is 39.1 Å². The smallest absolute Gasteiger partial charge is 0.200 e. The minimum Gasteiger partial charge on any atom is -0.369 e. The van der Waals surface area contributed by atoms with Crippen LogP contribution in [0, 0.1) is 0 Å². The molecule has 0 N–H and O–H groups in total. The summed E-state index contributed by atoms with van der Waals surface area (Å²) in [7, 11) is -1.47. The molecule has 106 valence electrons. The van der Waals surface area contributed by atoms with Crippen LogP contribution in [-0.4, -0.2) is 31.7 Å². The number of anilines is 1. The molecular formula is C14H22N2O2S. The van der Waals surface area contributed by atoms with Crippen LogP contribution in [-0.2, 0) is 9.84 Å². The van der Waals surface area contributed by atoms with Crippen molar-refractivity contribution in [1.29, 1.82) is 0 Å². The number of hydrogen-bond donors (Lipinski definition) is 0. The lowest BCUT2D eigenvalue weighted by Crippen LogP contribution is -2.28. The van der Waals surface area contributed by atoms with Crippen molar-refractivity contribution in [3.05, 3.63) is 30.5 Å². The number of aromatic nitrogens is 1. The largest absolute Gasteiger partial charge is 0.369 e. The minimum atomic E-state index is -3.39. The summed E-state index contributed by atoms with van der Waals surface area (Å²) in [5.41, 5.74) is 1.91. The molecule has 0 atom stereocenters. The van der Waals surface area contributed by atoms with Gasteiger partial charge < -0.3 is 4.90 Å². The third kappa shape index (κ3) is 3.56. The standard InChI is InChI=1S/C14H22N2O2S/c1-11(2)10-16(6)12-7-8-13(15-9-12)19(17,18)14(3,4)5/h7-9H,1,10H2,2-6H3. The Bertz CT molecular complexity index is 554. The van der Waals surface area contributed by atoms with Gasteiger partial charge in [-0.05, 0) is 39.8 Å². The van der Waals surface area contributed by atoms with Gasteiger partial charge in [0, 0.05) is 13.6 Å². The fourth-order valence-electron chi connectivity index (χ4n) is 1.57. The van der Waals surface area contributed by atoms with Gasteiger partial charge in [0.1, 0.15) is 0 Å². The number of nitrogens with zero attached hydrogens (tertiary/aromatic N) is 2. The van der Waals surface area contributed by atoms with Gasteiger partial charge in [-0.1, -0.05) is 12.2 Å². The highest BCUT2D eigenvalue weighted by Gasteiger charge is 2.31. The van der Waals surface area contributed by atoms with Gasteiger partial charge in [0.05, 0.1) is 16.6 Å². The highest BCUT2D eigenvalue weighted by atomic mass is 32.2. The zero-order valence-electron chi connectivity index (χ0n) is 12.3. The second kappa shape index (κ2) is 5.33. The van der Waals surface area contributed by atoms with Gasteiger partial charge in [0.25, 0.3) is 0 Å². The van der Waals surface area contributed by atoms with E-state index in [1.807, 2.05) is 18.9 Å². The SMILES string of the molecule is C=C(C)CN(C)c1ccc(S(=O)(=O)C(C)(C)C)nc1. The zero-order chi connectivity index (χ0) is 14.8. The molecule has 1 aromatic rings.